The highest BCUT2D eigenvalue weighted by Crippen LogP contribution is 2.24. The lowest BCUT2D eigenvalue weighted by Gasteiger charge is -2.26. The highest BCUT2D eigenvalue weighted by atomic mass is 16.5. The van der Waals surface area contributed by atoms with E-state index in [1.54, 1.807) is 30.5 Å². The van der Waals surface area contributed by atoms with Gasteiger partial charge < -0.3 is 14.9 Å². The third kappa shape index (κ3) is 3.18. The molecule has 1 atom stereocenters. The molecule has 0 radical (unpaired) electrons. The van der Waals surface area contributed by atoms with Crippen LogP contribution in [-0.2, 0) is 4.74 Å². The first-order valence-electron chi connectivity index (χ1n) is 8.59. The zero-order valence-electron chi connectivity index (χ0n) is 14.1. The van der Waals surface area contributed by atoms with Gasteiger partial charge in [0.25, 0.3) is 0 Å². The van der Waals surface area contributed by atoms with Crippen LogP contribution in [0.15, 0.2) is 42.7 Å². The van der Waals surface area contributed by atoms with Crippen LogP contribution in [0.1, 0.15) is 41.4 Å². The molecular formula is C19H19N3O4. The molecular weight excluding hydrogens is 334 g/mol. The molecule has 0 saturated heterocycles. The maximum atomic E-state index is 11.0. The number of aliphatic hydroxyl groups excluding tert-OH is 1. The van der Waals surface area contributed by atoms with Crippen LogP contribution in [0, 0.1) is 0 Å². The van der Waals surface area contributed by atoms with Gasteiger partial charge in [0.1, 0.15) is 11.6 Å². The standard InChI is InChI=1S/C19H19N3O4/c23-17(11-26-14-2-1-3-14)16-10-20-18-15(21-16)8-9-22(18)13-6-4-12(5-7-13)19(24)25/h4-10,14,17,23H,1-3,11H2,(H,24,25)/t17-/m0/s1. The Morgan fingerprint density at radius 2 is 2.04 bits per heavy atom. The van der Waals surface area contributed by atoms with Crippen molar-refractivity contribution in [3.8, 4) is 5.69 Å². The quantitative estimate of drug-likeness (QED) is 0.707. The molecule has 2 N–H and O–H groups in total. The highest BCUT2D eigenvalue weighted by Gasteiger charge is 2.20. The first-order valence-corrected chi connectivity index (χ1v) is 8.59. The SMILES string of the molecule is O=C(O)c1ccc(-n2ccc3nc([C@@H](O)COC4CCC4)cnc32)cc1. The summed E-state index contributed by atoms with van der Waals surface area (Å²) < 4.78 is 7.47. The Kier molecular flexibility index (Phi) is 4.40. The van der Waals surface area contributed by atoms with Crippen LogP contribution >= 0.6 is 0 Å². The molecule has 0 unspecified atom stereocenters. The average Bonchev–Trinajstić information content (AvgIpc) is 3.03. The molecule has 0 amide bonds. The number of carboxylic acids is 1. The van der Waals surface area contributed by atoms with E-state index in [-0.39, 0.29) is 18.3 Å². The number of aromatic nitrogens is 3. The minimum absolute atomic E-state index is 0.224. The Morgan fingerprint density at radius 1 is 1.27 bits per heavy atom. The third-order valence-corrected chi connectivity index (χ3v) is 4.68. The molecule has 1 saturated carbocycles. The summed E-state index contributed by atoms with van der Waals surface area (Å²) in [5.41, 5.74) is 2.81. The molecule has 4 rings (SSSR count). The van der Waals surface area contributed by atoms with E-state index in [1.165, 1.54) is 6.42 Å². The predicted octanol–water partition coefficient (Wildman–Crippen LogP) is 2.72. The van der Waals surface area contributed by atoms with Crippen molar-refractivity contribution in [1.82, 2.24) is 14.5 Å². The summed E-state index contributed by atoms with van der Waals surface area (Å²) in [5.74, 6) is -0.962. The van der Waals surface area contributed by atoms with Crippen molar-refractivity contribution in [3.63, 3.8) is 0 Å². The van der Waals surface area contributed by atoms with Gasteiger partial charge in [0.2, 0.25) is 0 Å². The maximum absolute atomic E-state index is 11.0. The number of rotatable bonds is 6. The molecule has 7 heteroatoms. The van der Waals surface area contributed by atoms with Crippen molar-refractivity contribution >= 4 is 17.1 Å². The maximum Gasteiger partial charge on any atom is 0.335 e. The van der Waals surface area contributed by atoms with E-state index in [4.69, 9.17) is 9.84 Å². The van der Waals surface area contributed by atoms with Gasteiger partial charge in [0.15, 0.2) is 5.65 Å². The van der Waals surface area contributed by atoms with Crippen LogP contribution in [0.3, 0.4) is 0 Å². The smallest absolute Gasteiger partial charge is 0.335 e. The van der Waals surface area contributed by atoms with Gasteiger partial charge >= 0.3 is 5.97 Å². The van der Waals surface area contributed by atoms with Crippen LogP contribution < -0.4 is 0 Å². The molecule has 1 fully saturated rings. The number of aliphatic hydroxyl groups is 1. The second-order valence-electron chi connectivity index (χ2n) is 6.44. The van der Waals surface area contributed by atoms with E-state index >= 15 is 0 Å². The lowest BCUT2D eigenvalue weighted by Crippen LogP contribution is -2.24. The number of ether oxygens (including phenoxy) is 1. The van der Waals surface area contributed by atoms with Gasteiger partial charge in [-0.2, -0.15) is 0 Å². The van der Waals surface area contributed by atoms with Crippen LogP contribution in [0.4, 0.5) is 0 Å². The van der Waals surface area contributed by atoms with Gasteiger partial charge in [0.05, 0.1) is 30.2 Å². The Balaban J connectivity index is 1.55. The lowest BCUT2D eigenvalue weighted by atomic mass is 9.96. The Morgan fingerprint density at radius 3 is 2.69 bits per heavy atom. The number of carboxylic acid groups (broad SMARTS) is 1. The molecule has 1 aromatic carbocycles. The van der Waals surface area contributed by atoms with Crippen molar-refractivity contribution in [1.29, 1.82) is 0 Å². The molecule has 1 aliphatic rings. The van der Waals surface area contributed by atoms with Gasteiger partial charge in [-0.3, -0.25) is 4.57 Å². The predicted molar refractivity (Wildman–Crippen MR) is 94.4 cm³/mol. The molecule has 3 aromatic rings. The third-order valence-electron chi connectivity index (χ3n) is 4.68. The molecule has 0 bridgehead atoms. The number of hydrogen-bond acceptors (Lipinski definition) is 5. The fourth-order valence-corrected chi connectivity index (χ4v) is 2.91. The minimum atomic E-state index is -0.962. The molecule has 7 nitrogen and oxygen atoms in total. The van der Waals surface area contributed by atoms with Crippen molar-refractivity contribution in [2.24, 2.45) is 0 Å². The summed E-state index contributed by atoms with van der Waals surface area (Å²) in [7, 11) is 0. The fourth-order valence-electron chi connectivity index (χ4n) is 2.91. The summed E-state index contributed by atoms with van der Waals surface area (Å²) in [6.07, 6.45) is 6.14. The number of aromatic carboxylic acids is 1. The van der Waals surface area contributed by atoms with Gasteiger partial charge in [-0.05, 0) is 49.6 Å². The van der Waals surface area contributed by atoms with Gasteiger partial charge in [-0.25, -0.2) is 14.8 Å². The first-order chi connectivity index (χ1) is 12.6. The van der Waals surface area contributed by atoms with Crippen LogP contribution in [-0.4, -0.2) is 43.4 Å². The Bertz CT molecular complexity index is 932. The molecule has 2 aromatic heterocycles. The largest absolute Gasteiger partial charge is 0.478 e. The van der Waals surface area contributed by atoms with E-state index < -0.39 is 12.1 Å². The molecule has 26 heavy (non-hydrogen) atoms. The van der Waals surface area contributed by atoms with E-state index in [0.29, 0.717) is 16.9 Å². The fraction of sp³-hybridized carbons (Fsp3) is 0.316. The van der Waals surface area contributed by atoms with E-state index in [2.05, 4.69) is 9.97 Å². The number of carbonyl (C=O) groups is 1. The second-order valence-corrected chi connectivity index (χ2v) is 6.44. The van der Waals surface area contributed by atoms with Gasteiger partial charge in [-0.1, -0.05) is 0 Å². The first kappa shape index (κ1) is 16.7. The molecule has 1 aliphatic carbocycles. The summed E-state index contributed by atoms with van der Waals surface area (Å²) in [4.78, 5) is 19.9. The lowest BCUT2D eigenvalue weighted by molar-refractivity contribution is -0.0437. The van der Waals surface area contributed by atoms with E-state index in [0.717, 1.165) is 18.5 Å². The van der Waals surface area contributed by atoms with E-state index in [9.17, 15) is 9.90 Å². The number of benzene rings is 1. The number of nitrogens with zero attached hydrogens (tertiary/aromatic N) is 3. The summed E-state index contributed by atoms with van der Waals surface area (Å²) in [5, 5.41) is 19.3. The summed E-state index contributed by atoms with van der Waals surface area (Å²) >= 11 is 0. The topological polar surface area (TPSA) is 97.5 Å². The summed E-state index contributed by atoms with van der Waals surface area (Å²) in [6.45, 7) is 0.224. The second kappa shape index (κ2) is 6.86. The van der Waals surface area contributed by atoms with Crippen molar-refractivity contribution in [2.75, 3.05) is 6.61 Å². The van der Waals surface area contributed by atoms with Gasteiger partial charge in [0, 0.05) is 11.9 Å². The Hall–Kier alpha value is -2.77. The molecule has 0 aliphatic heterocycles. The Labute approximate surface area is 149 Å². The normalized spacial score (nSPS) is 15.7. The van der Waals surface area contributed by atoms with Crippen molar-refractivity contribution < 1.29 is 19.7 Å². The number of fused-ring (bicyclic) bond motifs is 1. The van der Waals surface area contributed by atoms with Crippen LogP contribution in [0.25, 0.3) is 16.9 Å². The van der Waals surface area contributed by atoms with Crippen molar-refractivity contribution in [3.05, 3.63) is 54.0 Å². The van der Waals surface area contributed by atoms with Crippen molar-refractivity contribution in [2.45, 2.75) is 31.5 Å². The average molecular weight is 353 g/mol. The monoisotopic (exact) mass is 353 g/mol. The number of hydrogen-bond donors (Lipinski definition) is 2. The highest BCUT2D eigenvalue weighted by molar-refractivity contribution is 5.87. The van der Waals surface area contributed by atoms with Crippen LogP contribution in [0.2, 0.25) is 0 Å². The van der Waals surface area contributed by atoms with Gasteiger partial charge in [-0.15, -0.1) is 0 Å². The van der Waals surface area contributed by atoms with Crippen LogP contribution in [0.5, 0.6) is 0 Å². The molecule has 0 spiro atoms. The zero-order chi connectivity index (χ0) is 18.1. The molecule has 2 heterocycles. The zero-order valence-corrected chi connectivity index (χ0v) is 14.1. The van der Waals surface area contributed by atoms with E-state index in [1.807, 2.05) is 16.8 Å². The molecule has 134 valence electrons. The summed E-state index contributed by atoms with van der Waals surface area (Å²) in [6, 6.07) is 8.36. The minimum Gasteiger partial charge on any atom is -0.478 e.